The van der Waals surface area contributed by atoms with Crippen molar-refractivity contribution in [3.05, 3.63) is 34.9 Å². The second-order valence-electron chi connectivity index (χ2n) is 3.28. The number of hydrogen-bond donors (Lipinski definition) is 2. The smallest absolute Gasteiger partial charge is 0.311 e. The first-order valence-electron chi connectivity index (χ1n) is 4.75. The van der Waals surface area contributed by atoms with Crippen LogP contribution in [0, 0.1) is 0 Å². The molecule has 0 aliphatic rings. The zero-order chi connectivity index (χ0) is 11.3. The molecule has 15 heavy (non-hydrogen) atoms. The van der Waals surface area contributed by atoms with Crippen molar-refractivity contribution in [3.63, 3.8) is 0 Å². The molecule has 3 nitrogen and oxygen atoms in total. The van der Waals surface area contributed by atoms with Crippen molar-refractivity contribution in [1.82, 2.24) is 0 Å². The largest absolute Gasteiger partial charge is 0.481 e. The van der Waals surface area contributed by atoms with Gasteiger partial charge in [-0.2, -0.15) is 0 Å². The van der Waals surface area contributed by atoms with Crippen molar-refractivity contribution < 1.29 is 15.0 Å². The SMILES string of the molecule is O=C(O)C(CCCO)c1ccccc1Cl. The second-order valence-corrected chi connectivity index (χ2v) is 3.69. The fourth-order valence-electron chi connectivity index (χ4n) is 1.47. The Morgan fingerprint density at radius 2 is 2.07 bits per heavy atom. The molecule has 1 atom stereocenters. The van der Waals surface area contributed by atoms with Crippen LogP contribution in [-0.2, 0) is 4.79 Å². The average Bonchev–Trinajstić information content (AvgIpc) is 2.20. The summed E-state index contributed by atoms with van der Waals surface area (Å²) in [6.45, 7) is -0.00572. The van der Waals surface area contributed by atoms with Crippen LogP contribution in [0.25, 0.3) is 0 Å². The number of carbonyl (C=O) groups is 1. The zero-order valence-electron chi connectivity index (χ0n) is 8.19. The Morgan fingerprint density at radius 3 is 2.60 bits per heavy atom. The standard InChI is InChI=1S/C11H13ClO3/c12-10-6-2-1-4-8(10)9(11(14)15)5-3-7-13/h1-2,4,6,9,13H,3,5,7H2,(H,14,15). The second kappa shape index (κ2) is 5.73. The summed E-state index contributed by atoms with van der Waals surface area (Å²) in [6, 6.07) is 6.90. The van der Waals surface area contributed by atoms with E-state index in [1.54, 1.807) is 24.3 Å². The Balaban J connectivity index is 2.89. The van der Waals surface area contributed by atoms with E-state index in [1.807, 2.05) is 0 Å². The molecular weight excluding hydrogens is 216 g/mol. The van der Waals surface area contributed by atoms with E-state index in [0.717, 1.165) is 0 Å². The van der Waals surface area contributed by atoms with Gasteiger partial charge >= 0.3 is 5.97 Å². The van der Waals surface area contributed by atoms with Crippen LogP contribution in [-0.4, -0.2) is 22.8 Å². The van der Waals surface area contributed by atoms with E-state index in [-0.39, 0.29) is 6.61 Å². The van der Waals surface area contributed by atoms with Crippen LogP contribution in [0.4, 0.5) is 0 Å². The van der Waals surface area contributed by atoms with Gasteiger partial charge in [-0.25, -0.2) is 0 Å². The van der Waals surface area contributed by atoms with Crippen molar-refractivity contribution in [3.8, 4) is 0 Å². The number of aliphatic hydroxyl groups is 1. The number of carboxylic acids is 1. The maximum absolute atomic E-state index is 11.0. The first-order valence-corrected chi connectivity index (χ1v) is 5.12. The fourth-order valence-corrected chi connectivity index (χ4v) is 1.73. The molecule has 0 aliphatic heterocycles. The van der Waals surface area contributed by atoms with Crippen LogP contribution < -0.4 is 0 Å². The Bertz CT molecular complexity index is 338. The number of hydrogen-bond acceptors (Lipinski definition) is 2. The van der Waals surface area contributed by atoms with E-state index >= 15 is 0 Å². The lowest BCUT2D eigenvalue weighted by molar-refractivity contribution is -0.139. The number of benzene rings is 1. The lowest BCUT2D eigenvalue weighted by Crippen LogP contribution is -2.12. The van der Waals surface area contributed by atoms with Gasteiger partial charge in [0.1, 0.15) is 0 Å². The quantitative estimate of drug-likeness (QED) is 0.813. The predicted molar refractivity (Wildman–Crippen MR) is 58.1 cm³/mol. The highest BCUT2D eigenvalue weighted by atomic mass is 35.5. The van der Waals surface area contributed by atoms with Crippen LogP contribution in [0.1, 0.15) is 24.3 Å². The molecule has 0 heterocycles. The van der Waals surface area contributed by atoms with E-state index < -0.39 is 11.9 Å². The van der Waals surface area contributed by atoms with E-state index in [9.17, 15) is 4.79 Å². The van der Waals surface area contributed by atoms with Crippen molar-refractivity contribution in [2.75, 3.05) is 6.61 Å². The minimum Gasteiger partial charge on any atom is -0.481 e. The first kappa shape index (κ1) is 12.0. The van der Waals surface area contributed by atoms with Gasteiger partial charge in [-0.15, -0.1) is 0 Å². The van der Waals surface area contributed by atoms with Crippen LogP contribution in [0.5, 0.6) is 0 Å². The molecule has 0 amide bonds. The van der Waals surface area contributed by atoms with Crippen LogP contribution in [0.2, 0.25) is 5.02 Å². The van der Waals surface area contributed by atoms with E-state index in [2.05, 4.69) is 0 Å². The number of halogens is 1. The van der Waals surface area contributed by atoms with E-state index in [0.29, 0.717) is 23.4 Å². The highest BCUT2D eigenvalue weighted by Gasteiger charge is 2.21. The summed E-state index contributed by atoms with van der Waals surface area (Å²) in [5, 5.41) is 18.2. The maximum atomic E-state index is 11.0. The molecule has 0 aliphatic carbocycles. The van der Waals surface area contributed by atoms with Gasteiger partial charge in [0.05, 0.1) is 5.92 Å². The van der Waals surface area contributed by atoms with Crippen LogP contribution >= 0.6 is 11.6 Å². The van der Waals surface area contributed by atoms with Crippen LogP contribution in [0.3, 0.4) is 0 Å². The van der Waals surface area contributed by atoms with E-state index in [4.69, 9.17) is 21.8 Å². The van der Waals surface area contributed by atoms with Gasteiger partial charge < -0.3 is 10.2 Å². The summed E-state index contributed by atoms with van der Waals surface area (Å²) in [5.41, 5.74) is 0.611. The number of rotatable bonds is 5. The zero-order valence-corrected chi connectivity index (χ0v) is 8.94. The topological polar surface area (TPSA) is 57.5 Å². The highest BCUT2D eigenvalue weighted by molar-refractivity contribution is 6.31. The molecule has 1 aromatic carbocycles. The Hall–Kier alpha value is -1.06. The fraction of sp³-hybridized carbons (Fsp3) is 0.364. The van der Waals surface area contributed by atoms with Gasteiger partial charge in [0, 0.05) is 11.6 Å². The Morgan fingerprint density at radius 1 is 1.40 bits per heavy atom. The van der Waals surface area contributed by atoms with Gasteiger partial charge in [-0.3, -0.25) is 4.79 Å². The predicted octanol–water partition coefficient (Wildman–Crippen LogP) is 2.28. The molecule has 2 N–H and O–H groups in total. The lowest BCUT2D eigenvalue weighted by atomic mass is 9.94. The lowest BCUT2D eigenvalue weighted by Gasteiger charge is -2.13. The monoisotopic (exact) mass is 228 g/mol. The summed E-state index contributed by atoms with van der Waals surface area (Å²) in [6.07, 6.45) is 0.859. The molecule has 0 fully saturated rings. The molecule has 0 saturated carbocycles. The van der Waals surface area contributed by atoms with Gasteiger partial charge in [-0.05, 0) is 24.5 Å². The number of aliphatic hydroxyl groups excluding tert-OH is 1. The van der Waals surface area contributed by atoms with E-state index in [1.165, 1.54) is 0 Å². The first-order chi connectivity index (χ1) is 7.16. The molecule has 0 saturated heterocycles. The molecule has 0 aromatic heterocycles. The Labute approximate surface area is 93.3 Å². The molecule has 1 rings (SSSR count). The number of aliphatic carboxylic acids is 1. The number of carboxylic acid groups (broad SMARTS) is 1. The van der Waals surface area contributed by atoms with Gasteiger partial charge in [-0.1, -0.05) is 29.8 Å². The van der Waals surface area contributed by atoms with Crippen molar-refractivity contribution in [1.29, 1.82) is 0 Å². The summed E-state index contributed by atoms with van der Waals surface area (Å²) >= 11 is 5.92. The minimum absolute atomic E-state index is 0.00572. The summed E-state index contributed by atoms with van der Waals surface area (Å²) in [7, 11) is 0. The highest BCUT2D eigenvalue weighted by Crippen LogP contribution is 2.28. The third-order valence-corrected chi connectivity index (χ3v) is 2.57. The Kier molecular flexibility index (Phi) is 4.59. The molecule has 1 aromatic rings. The average molecular weight is 229 g/mol. The molecule has 0 bridgehead atoms. The van der Waals surface area contributed by atoms with Gasteiger partial charge in [0.15, 0.2) is 0 Å². The van der Waals surface area contributed by atoms with Gasteiger partial charge in [0.25, 0.3) is 0 Å². The molecule has 0 radical (unpaired) electrons. The van der Waals surface area contributed by atoms with Crippen LogP contribution in [0.15, 0.2) is 24.3 Å². The summed E-state index contributed by atoms with van der Waals surface area (Å²) < 4.78 is 0. The molecular formula is C11H13ClO3. The molecule has 0 spiro atoms. The third-order valence-electron chi connectivity index (χ3n) is 2.23. The maximum Gasteiger partial charge on any atom is 0.311 e. The minimum atomic E-state index is -0.906. The summed E-state index contributed by atoms with van der Waals surface area (Å²) in [4.78, 5) is 11.0. The van der Waals surface area contributed by atoms with Crippen molar-refractivity contribution >= 4 is 17.6 Å². The normalized spacial score (nSPS) is 12.4. The molecule has 4 heteroatoms. The van der Waals surface area contributed by atoms with Crippen molar-refractivity contribution in [2.24, 2.45) is 0 Å². The summed E-state index contributed by atoms with van der Waals surface area (Å²) in [5.74, 6) is -1.54. The third kappa shape index (κ3) is 3.22. The van der Waals surface area contributed by atoms with Gasteiger partial charge in [0.2, 0.25) is 0 Å². The molecule has 82 valence electrons. The molecule has 1 unspecified atom stereocenters. The van der Waals surface area contributed by atoms with Crippen molar-refractivity contribution in [2.45, 2.75) is 18.8 Å².